The van der Waals surface area contributed by atoms with Gasteiger partial charge in [0.1, 0.15) is 0 Å². The number of aliphatic carboxylic acids is 1. The van der Waals surface area contributed by atoms with E-state index in [0.29, 0.717) is 25.9 Å². The minimum Gasteiger partial charge on any atom is -0.481 e. The van der Waals surface area contributed by atoms with E-state index in [1.54, 1.807) is 4.90 Å². The number of likely N-dealkylation sites (tertiary alicyclic amines) is 1. The number of piperidine rings is 1. The number of carboxylic acids is 1. The van der Waals surface area contributed by atoms with Crippen LogP contribution in [0.5, 0.6) is 0 Å². The number of carbonyl (C=O) groups is 2. The maximum atomic E-state index is 12.3. The van der Waals surface area contributed by atoms with Gasteiger partial charge in [-0.05, 0) is 32.1 Å². The first kappa shape index (κ1) is 16.8. The van der Waals surface area contributed by atoms with Crippen LogP contribution in [0, 0.1) is 5.41 Å². The summed E-state index contributed by atoms with van der Waals surface area (Å²) in [4.78, 5) is 25.5. The summed E-state index contributed by atoms with van der Waals surface area (Å²) in [5, 5.41) is 12.5. The molecule has 1 saturated heterocycles. The highest BCUT2D eigenvalue weighted by atomic mass is 16.4. The standard InChI is InChI=1S/C15H28N2O3/c1-4-8-12(5-2)16-14(20)17-10-7-9-15(6-3,11-17)13(18)19/h12H,4-11H2,1-3H3,(H,16,20)(H,18,19). The van der Waals surface area contributed by atoms with Gasteiger partial charge in [0, 0.05) is 19.1 Å². The Hall–Kier alpha value is -1.26. The molecular weight excluding hydrogens is 256 g/mol. The first-order valence-corrected chi connectivity index (χ1v) is 7.78. The summed E-state index contributed by atoms with van der Waals surface area (Å²) in [5.74, 6) is -0.780. The van der Waals surface area contributed by atoms with Gasteiger partial charge in [-0.25, -0.2) is 4.79 Å². The summed E-state index contributed by atoms with van der Waals surface area (Å²) in [6.07, 6.45) is 4.90. The van der Waals surface area contributed by atoms with Crippen LogP contribution in [0.4, 0.5) is 4.79 Å². The van der Waals surface area contributed by atoms with Gasteiger partial charge in [0.2, 0.25) is 0 Å². The van der Waals surface area contributed by atoms with E-state index in [4.69, 9.17) is 0 Å². The fourth-order valence-electron chi connectivity index (χ4n) is 2.91. The molecule has 0 aromatic carbocycles. The molecule has 1 aliphatic heterocycles. The van der Waals surface area contributed by atoms with Crippen LogP contribution in [0.2, 0.25) is 0 Å². The molecule has 5 nitrogen and oxygen atoms in total. The Kier molecular flexibility index (Phi) is 6.30. The number of nitrogens with zero attached hydrogens (tertiary/aromatic N) is 1. The summed E-state index contributed by atoms with van der Waals surface area (Å²) < 4.78 is 0. The molecule has 1 fully saturated rings. The number of urea groups is 1. The van der Waals surface area contributed by atoms with Gasteiger partial charge in [-0.1, -0.05) is 27.2 Å². The van der Waals surface area contributed by atoms with Crippen molar-refractivity contribution in [2.45, 2.75) is 65.3 Å². The third-order valence-corrected chi connectivity index (χ3v) is 4.45. The lowest BCUT2D eigenvalue weighted by Crippen LogP contribution is -2.53. The summed E-state index contributed by atoms with van der Waals surface area (Å²) in [7, 11) is 0. The summed E-state index contributed by atoms with van der Waals surface area (Å²) in [6, 6.07) is 0.0827. The van der Waals surface area contributed by atoms with Crippen molar-refractivity contribution in [2.75, 3.05) is 13.1 Å². The van der Waals surface area contributed by atoms with Crippen molar-refractivity contribution in [1.29, 1.82) is 0 Å². The third-order valence-electron chi connectivity index (χ3n) is 4.45. The van der Waals surface area contributed by atoms with Gasteiger partial charge in [-0.3, -0.25) is 4.79 Å². The van der Waals surface area contributed by atoms with Crippen LogP contribution < -0.4 is 5.32 Å². The fourth-order valence-corrected chi connectivity index (χ4v) is 2.91. The summed E-state index contributed by atoms with van der Waals surface area (Å²) >= 11 is 0. The van der Waals surface area contributed by atoms with Crippen LogP contribution in [0.15, 0.2) is 0 Å². The molecule has 2 amide bonds. The molecule has 0 saturated carbocycles. The van der Waals surface area contributed by atoms with Crippen LogP contribution in [0.3, 0.4) is 0 Å². The quantitative estimate of drug-likeness (QED) is 0.788. The van der Waals surface area contributed by atoms with Gasteiger partial charge in [0.25, 0.3) is 0 Å². The van der Waals surface area contributed by atoms with Crippen molar-refractivity contribution in [2.24, 2.45) is 5.41 Å². The second-order valence-electron chi connectivity index (χ2n) is 5.81. The smallest absolute Gasteiger partial charge is 0.317 e. The van der Waals surface area contributed by atoms with Gasteiger partial charge in [0.15, 0.2) is 0 Å². The van der Waals surface area contributed by atoms with E-state index in [1.807, 2.05) is 6.92 Å². The largest absolute Gasteiger partial charge is 0.481 e. The number of carboxylic acid groups (broad SMARTS) is 1. The first-order chi connectivity index (χ1) is 9.49. The zero-order valence-electron chi connectivity index (χ0n) is 12.9. The van der Waals surface area contributed by atoms with Gasteiger partial charge < -0.3 is 15.3 Å². The van der Waals surface area contributed by atoms with Gasteiger partial charge >= 0.3 is 12.0 Å². The number of hydrogen-bond donors (Lipinski definition) is 2. The number of amides is 2. The zero-order valence-corrected chi connectivity index (χ0v) is 12.9. The topological polar surface area (TPSA) is 69.6 Å². The molecule has 116 valence electrons. The average molecular weight is 284 g/mol. The van der Waals surface area contributed by atoms with Crippen molar-refractivity contribution in [3.8, 4) is 0 Å². The molecule has 0 aromatic heterocycles. The first-order valence-electron chi connectivity index (χ1n) is 7.78. The Morgan fingerprint density at radius 3 is 2.55 bits per heavy atom. The highest BCUT2D eigenvalue weighted by Crippen LogP contribution is 2.33. The van der Waals surface area contributed by atoms with Crippen LogP contribution in [-0.4, -0.2) is 41.1 Å². The summed E-state index contributed by atoms with van der Waals surface area (Å²) in [5.41, 5.74) is -0.762. The second kappa shape index (κ2) is 7.50. The normalized spacial score (nSPS) is 24.2. The van der Waals surface area contributed by atoms with Crippen LogP contribution in [0.1, 0.15) is 59.3 Å². The maximum absolute atomic E-state index is 12.3. The minimum atomic E-state index is -0.780. The van der Waals surface area contributed by atoms with Crippen LogP contribution >= 0.6 is 0 Å². The molecule has 20 heavy (non-hydrogen) atoms. The average Bonchev–Trinajstić information content (AvgIpc) is 2.46. The van der Waals surface area contributed by atoms with Crippen LogP contribution in [0.25, 0.3) is 0 Å². The van der Waals surface area contributed by atoms with E-state index in [-0.39, 0.29) is 12.1 Å². The Labute approximate surface area is 121 Å². The molecule has 5 heteroatoms. The predicted octanol–water partition coefficient (Wildman–Crippen LogP) is 2.85. The number of carbonyl (C=O) groups excluding carboxylic acids is 1. The highest BCUT2D eigenvalue weighted by Gasteiger charge is 2.42. The summed E-state index contributed by atoms with van der Waals surface area (Å²) in [6.45, 7) is 7.03. The number of nitrogens with one attached hydrogen (secondary N) is 1. The monoisotopic (exact) mass is 284 g/mol. The Morgan fingerprint density at radius 2 is 2.05 bits per heavy atom. The van der Waals surface area contributed by atoms with E-state index in [1.165, 1.54) is 0 Å². The van der Waals surface area contributed by atoms with Crippen molar-refractivity contribution < 1.29 is 14.7 Å². The SMILES string of the molecule is CCCC(CC)NC(=O)N1CCCC(CC)(C(=O)O)C1. The molecule has 2 atom stereocenters. The number of rotatable bonds is 6. The fraction of sp³-hybridized carbons (Fsp3) is 0.867. The van der Waals surface area contributed by atoms with E-state index in [9.17, 15) is 14.7 Å². The second-order valence-corrected chi connectivity index (χ2v) is 5.81. The lowest BCUT2D eigenvalue weighted by Gasteiger charge is -2.39. The molecule has 1 rings (SSSR count). The molecule has 0 bridgehead atoms. The molecule has 0 aromatic rings. The molecule has 2 N–H and O–H groups in total. The molecule has 0 radical (unpaired) electrons. The highest BCUT2D eigenvalue weighted by molar-refractivity contribution is 5.78. The molecule has 1 heterocycles. The van der Waals surface area contributed by atoms with Crippen molar-refractivity contribution in [1.82, 2.24) is 10.2 Å². The predicted molar refractivity (Wildman–Crippen MR) is 78.7 cm³/mol. The maximum Gasteiger partial charge on any atom is 0.317 e. The zero-order chi connectivity index (χ0) is 15.2. The van der Waals surface area contributed by atoms with Gasteiger partial charge in [0.05, 0.1) is 5.41 Å². The van der Waals surface area contributed by atoms with E-state index in [2.05, 4.69) is 19.2 Å². The molecule has 0 spiro atoms. The lowest BCUT2D eigenvalue weighted by atomic mass is 9.78. The Bertz CT molecular complexity index is 346. The Balaban J connectivity index is 2.66. The van der Waals surface area contributed by atoms with Crippen LogP contribution in [-0.2, 0) is 4.79 Å². The Morgan fingerprint density at radius 1 is 1.35 bits per heavy atom. The minimum absolute atomic E-state index is 0.107. The van der Waals surface area contributed by atoms with Gasteiger partial charge in [-0.2, -0.15) is 0 Å². The van der Waals surface area contributed by atoms with E-state index >= 15 is 0 Å². The molecule has 0 aliphatic carbocycles. The molecular formula is C15H28N2O3. The van der Waals surface area contributed by atoms with Crippen molar-refractivity contribution >= 4 is 12.0 Å². The number of hydrogen-bond acceptors (Lipinski definition) is 2. The van der Waals surface area contributed by atoms with Crippen molar-refractivity contribution in [3.05, 3.63) is 0 Å². The van der Waals surface area contributed by atoms with Gasteiger partial charge in [-0.15, -0.1) is 0 Å². The third kappa shape index (κ3) is 3.87. The van der Waals surface area contributed by atoms with E-state index < -0.39 is 11.4 Å². The molecule has 1 aliphatic rings. The molecule has 2 unspecified atom stereocenters. The van der Waals surface area contributed by atoms with Crippen molar-refractivity contribution in [3.63, 3.8) is 0 Å². The van der Waals surface area contributed by atoms with E-state index in [0.717, 1.165) is 25.7 Å². The lowest BCUT2D eigenvalue weighted by molar-refractivity contribution is -0.152.